The van der Waals surface area contributed by atoms with E-state index in [4.69, 9.17) is 4.74 Å². The van der Waals surface area contributed by atoms with Crippen LogP contribution in [0.25, 0.3) is 0 Å². The Morgan fingerprint density at radius 2 is 2.37 bits per heavy atom. The van der Waals surface area contributed by atoms with E-state index in [0.717, 1.165) is 30.1 Å². The first-order valence-electron chi connectivity index (χ1n) is 6.51. The van der Waals surface area contributed by atoms with Gasteiger partial charge in [-0.3, -0.25) is 4.79 Å². The van der Waals surface area contributed by atoms with Crippen LogP contribution in [0.5, 0.6) is 0 Å². The lowest BCUT2D eigenvalue weighted by molar-refractivity contribution is -0.140. The van der Waals surface area contributed by atoms with Gasteiger partial charge >= 0.3 is 5.97 Å². The monoisotopic (exact) mass is 284 g/mol. The summed E-state index contributed by atoms with van der Waals surface area (Å²) in [5.74, 6) is -0.193. The number of nitrogens with zero attached hydrogens (tertiary/aromatic N) is 1. The van der Waals surface area contributed by atoms with Crippen LogP contribution < -0.4 is 5.32 Å². The second kappa shape index (κ2) is 6.86. The Hall–Kier alpha value is -1.14. The lowest BCUT2D eigenvalue weighted by Crippen LogP contribution is -2.17. The number of hydrogen-bond acceptors (Lipinski definition) is 6. The van der Waals surface area contributed by atoms with E-state index in [-0.39, 0.29) is 5.97 Å². The first-order chi connectivity index (χ1) is 9.21. The van der Waals surface area contributed by atoms with Gasteiger partial charge in [-0.1, -0.05) is 0 Å². The van der Waals surface area contributed by atoms with Crippen LogP contribution in [0.1, 0.15) is 31.4 Å². The minimum absolute atomic E-state index is 0.193. The predicted octanol–water partition coefficient (Wildman–Crippen LogP) is 2.23. The average Bonchev–Trinajstić information content (AvgIpc) is 3.05. The topological polar surface area (TPSA) is 60.5 Å². The molecule has 5 nitrogen and oxygen atoms in total. The molecule has 1 saturated carbocycles. The second-order valence-corrected chi connectivity index (χ2v) is 5.59. The van der Waals surface area contributed by atoms with Crippen LogP contribution in [0.15, 0.2) is 5.38 Å². The van der Waals surface area contributed by atoms with E-state index in [9.17, 15) is 4.79 Å². The molecule has 106 valence electrons. The molecule has 0 aromatic carbocycles. The molecule has 0 amide bonds. The average molecular weight is 284 g/mol. The number of carbonyl (C=O) groups excluding carboxylic acids is 1. The van der Waals surface area contributed by atoms with Gasteiger partial charge in [0.05, 0.1) is 25.3 Å². The zero-order valence-corrected chi connectivity index (χ0v) is 12.2. The number of rotatable bonds is 6. The summed E-state index contributed by atoms with van der Waals surface area (Å²) in [6, 6.07) is 0.449. The lowest BCUT2D eigenvalue weighted by Gasteiger charge is -2.11. The number of aromatic nitrogens is 1. The Labute approximate surface area is 117 Å². The number of aryl methyl sites for hydroxylation is 1. The number of methoxy groups -OCH3 is 2. The van der Waals surface area contributed by atoms with E-state index >= 15 is 0 Å². The summed E-state index contributed by atoms with van der Waals surface area (Å²) >= 11 is 1.59. The fraction of sp³-hybridized carbons (Fsp3) is 0.692. The van der Waals surface area contributed by atoms with E-state index in [1.165, 1.54) is 7.11 Å². The molecule has 2 unspecified atom stereocenters. The molecule has 6 heteroatoms. The van der Waals surface area contributed by atoms with Gasteiger partial charge in [0, 0.05) is 25.0 Å². The fourth-order valence-electron chi connectivity index (χ4n) is 2.28. The van der Waals surface area contributed by atoms with Gasteiger partial charge in [0.2, 0.25) is 0 Å². The number of carbonyl (C=O) groups is 1. The Bertz CT molecular complexity index is 422. The molecule has 2 rings (SSSR count). The van der Waals surface area contributed by atoms with Gasteiger partial charge in [-0.2, -0.15) is 0 Å². The van der Waals surface area contributed by atoms with E-state index in [1.54, 1.807) is 18.4 Å². The SMILES string of the molecule is COC(=O)CCc1csc(NC2CCC(OC)C2)n1. The van der Waals surface area contributed by atoms with Crippen LogP contribution in [0.3, 0.4) is 0 Å². The molecular formula is C13H20N2O3S. The van der Waals surface area contributed by atoms with Gasteiger partial charge in [0.15, 0.2) is 5.13 Å². The van der Waals surface area contributed by atoms with Gasteiger partial charge in [-0.05, 0) is 19.3 Å². The molecule has 1 aromatic heterocycles. The Balaban J connectivity index is 1.79. The summed E-state index contributed by atoms with van der Waals surface area (Å²) in [5, 5.41) is 6.36. The number of ether oxygens (including phenoxy) is 2. The number of esters is 1. The molecule has 0 saturated heterocycles. The highest BCUT2D eigenvalue weighted by atomic mass is 32.1. The number of anilines is 1. The molecule has 0 spiro atoms. The maximum atomic E-state index is 11.1. The largest absolute Gasteiger partial charge is 0.469 e. The smallest absolute Gasteiger partial charge is 0.305 e. The molecule has 0 radical (unpaired) electrons. The van der Waals surface area contributed by atoms with Gasteiger partial charge in [-0.25, -0.2) is 4.98 Å². The Morgan fingerprint density at radius 1 is 1.53 bits per heavy atom. The van der Waals surface area contributed by atoms with Crippen LogP contribution >= 0.6 is 11.3 Å². The highest BCUT2D eigenvalue weighted by molar-refractivity contribution is 7.13. The third kappa shape index (κ3) is 4.18. The predicted molar refractivity (Wildman–Crippen MR) is 74.5 cm³/mol. The van der Waals surface area contributed by atoms with Gasteiger partial charge < -0.3 is 14.8 Å². The second-order valence-electron chi connectivity index (χ2n) is 4.73. The third-order valence-electron chi connectivity index (χ3n) is 3.41. The van der Waals surface area contributed by atoms with Crippen molar-refractivity contribution in [3.8, 4) is 0 Å². The van der Waals surface area contributed by atoms with Crippen molar-refractivity contribution in [3.63, 3.8) is 0 Å². The Kier molecular flexibility index (Phi) is 5.15. The maximum Gasteiger partial charge on any atom is 0.305 e. The van der Waals surface area contributed by atoms with Gasteiger partial charge in [0.25, 0.3) is 0 Å². The first kappa shape index (κ1) is 14.3. The van der Waals surface area contributed by atoms with Crippen molar-refractivity contribution in [2.45, 2.75) is 44.2 Å². The molecule has 0 bridgehead atoms. The van der Waals surface area contributed by atoms with Crippen molar-refractivity contribution in [1.29, 1.82) is 0 Å². The molecule has 0 aliphatic heterocycles. The summed E-state index contributed by atoms with van der Waals surface area (Å²) in [6.45, 7) is 0. The van der Waals surface area contributed by atoms with Crippen molar-refractivity contribution in [1.82, 2.24) is 4.98 Å². The summed E-state index contributed by atoms with van der Waals surface area (Å²) in [7, 11) is 3.17. The summed E-state index contributed by atoms with van der Waals surface area (Å²) in [4.78, 5) is 15.6. The maximum absolute atomic E-state index is 11.1. The highest BCUT2D eigenvalue weighted by Crippen LogP contribution is 2.26. The van der Waals surface area contributed by atoms with Crippen molar-refractivity contribution < 1.29 is 14.3 Å². The van der Waals surface area contributed by atoms with E-state index in [0.29, 0.717) is 25.0 Å². The van der Waals surface area contributed by atoms with Gasteiger partial charge in [-0.15, -0.1) is 11.3 Å². The normalized spacial score (nSPS) is 22.4. The lowest BCUT2D eigenvalue weighted by atomic mass is 10.2. The number of thiazole rings is 1. The van der Waals surface area contributed by atoms with Gasteiger partial charge in [0.1, 0.15) is 0 Å². The quantitative estimate of drug-likeness (QED) is 0.812. The molecule has 1 aliphatic carbocycles. The molecule has 1 heterocycles. The van der Waals surface area contributed by atoms with Crippen LogP contribution in [0, 0.1) is 0 Å². The van der Waals surface area contributed by atoms with Crippen LogP contribution in [0.4, 0.5) is 5.13 Å². The van der Waals surface area contributed by atoms with Crippen molar-refractivity contribution >= 4 is 22.4 Å². The minimum atomic E-state index is -0.193. The Morgan fingerprint density at radius 3 is 3.05 bits per heavy atom. The molecule has 1 N–H and O–H groups in total. The fourth-order valence-corrected chi connectivity index (χ4v) is 3.10. The third-order valence-corrected chi connectivity index (χ3v) is 4.23. The number of nitrogens with one attached hydrogen (secondary N) is 1. The molecule has 1 fully saturated rings. The van der Waals surface area contributed by atoms with Crippen molar-refractivity contribution in [3.05, 3.63) is 11.1 Å². The van der Waals surface area contributed by atoms with E-state index < -0.39 is 0 Å². The van der Waals surface area contributed by atoms with Crippen LogP contribution in [-0.2, 0) is 20.7 Å². The summed E-state index contributed by atoms with van der Waals surface area (Å²) < 4.78 is 9.97. The summed E-state index contributed by atoms with van der Waals surface area (Å²) in [5.41, 5.74) is 0.944. The zero-order valence-electron chi connectivity index (χ0n) is 11.3. The highest BCUT2D eigenvalue weighted by Gasteiger charge is 2.24. The van der Waals surface area contributed by atoms with Crippen LogP contribution in [-0.4, -0.2) is 37.3 Å². The van der Waals surface area contributed by atoms with E-state index in [2.05, 4.69) is 15.0 Å². The molecular weight excluding hydrogens is 264 g/mol. The minimum Gasteiger partial charge on any atom is -0.469 e. The van der Waals surface area contributed by atoms with Crippen molar-refractivity contribution in [2.75, 3.05) is 19.5 Å². The molecule has 1 aliphatic rings. The molecule has 2 atom stereocenters. The van der Waals surface area contributed by atoms with E-state index in [1.807, 2.05) is 5.38 Å². The van der Waals surface area contributed by atoms with Crippen molar-refractivity contribution in [2.24, 2.45) is 0 Å². The number of hydrogen-bond donors (Lipinski definition) is 1. The molecule has 19 heavy (non-hydrogen) atoms. The molecule has 1 aromatic rings. The summed E-state index contributed by atoms with van der Waals surface area (Å²) in [6.07, 6.45) is 4.65. The van der Waals surface area contributed by atoms with Crippen LogP contribution in [0.2, 0.25) is 0 Å². The standard InChI is InChI=1S/C13H20N2O3S/c1-17-11-5-3-9(7-11)14-13-15-10(8-19-13)4-6-12(16)18-2/h8-9,11H,3-7H2,1-2H3,(H,14,15). The zero-order chi connectivity index (χ0) is 13.7. The first-order valence-corrected chi connectivity index (χ1v) is 7.39.